The van der Waals surface area contributed by atoms with E-state index >= 15 is 0 Å². The van der Waals surface area contributed by atoms with E-state index < -0.39 is 11.9 Å². The quantitative estimate of drug-likeness (QED) is 0.649. The molecule has 0 aliphatic rings. The van der Waals surface area contributed by atoms with Gasteiger partial charge < -0.3 is 10.2 Å². The van der Waals surface area contributed by atoms with Crippen LogP contribution >= 0.6 is 0 Å². The Kier molecular flexibility index (Phi) is 11.3. The van der Waals surface area contributed by atoms with Gasteiger partial charge in [0.2, 0.25) is 0 Å². The maximum Gasteiger partial charge on any atom is 0.330 e. The molecular formula is C8H13FO4. The zero-order valence-electron chi connectivity index (χ0n) is 7.53. The number of hydrogen-bond donors (Lipinski definition) is 2. The molecule has 0 aliphatic carbocycles. The highest BCUT2D eigenvalue weighted by molar-refractivity contribution is 5.85. The first-order valence-electron chi connectivity index (χ1n) is 3.06. The van der Waals surface area contributed by atoms with Crippen molar-refractivity contribution in [3.8, 4) is 0 Å². The molecule has 0 unspecified atom stereocenters. The molecule has 0 rings (SSSR count). The molecule has 2 N–H and O–H groups in total. The van der Waals surface area contributed by atoms with E-state index in [4.69, 9.17) is 10.2 Å². The van der Waals surface area contributed by atoms with Crippen LogP contribution in [0.15, 0.2) is 24.3 Å². The average molecular weight is 192 g/mol. The van der Waals surface area contributed by atoms with Gasteiger partial charge in [-0.15, -0.1) is 0 Å². The first kappa shape index (κ1) is 17.4. The molecule has 76 valence electrons. The first-order chi connectivity index (χ1) is 5.29. The highest BCUT2D eigenvalue weighted by Crippen LogP contribution is 1.81. The van der Waals surface area contributed by atoms with E-state index in [-0.39, 0.29) is 15.9 Å². The molecule has 0 aromatic carbocycles. The Hall–Kier alpha value is -1.65. The Balaban J connectivity index is -0.000000143. The zero-order valence-corrected chi connectivity index (χ0v) is 7.53. The summed E-state index contributed by atoms with van der Waals surface area (Å²) >= 11 is 0. The van der Waals surface area contributed by atoms with E-state index in [1.54, 1.807) is 0 Å². The van der Waals surface area contributed by atoms with Gasteiger partial charge in [0.05, 0.1) is 0 Å². The van der Waals surface area contributed by atoms with Crippen molar-refractivity contribution in [2.45, 2.75) is 13.8 Å². The second kappa shape index (κ2) is 8.45. The molecule has 0 radical (unpaired) electrons. The largest absolute Gasteiger partial charge is 0.478 e. The summed E-state index contributed by atoms with van der Waals surface area (Å²) in [6.07, 6.45) is 0. The van der Waals surface area contributed by atoms with Gasteiger partial charge in [-0.25, -0.2) is 9.59 Å². The minimum absolute atomic E-state index is 0. The smallest absolute Gasteiger partial charge is 0.330 e. The zero-order chi connectivity index (χ0) is 10.3. The fourth-order valence-electron chi connectivity index (χ4n) is 0. The lowest BCUT2D eigenvalue weighted by molar-refractivity contribution is -0.133. The van der Waals surface area contributed by atoms with Gasteiger partial charge in [-0.1, -0.05) is 13.2 Å². The lowest BCUT2D eigenvalue weighted by atomic mass is 10.4. The molecule has 0 saturated heterocycles. The van der Waals surface area contributed by atoms with Gasteiger partial charge in [-0.2, -0.15) is 0 Å². The summed E-state index contributed by atoms with van der Waals surface area (Å²) in [6.45, 7) is 9.20. The number of carboxylic acid groups (broad SMARTS) is 2. The second-order valence-corrected chi connectivity index (χ2v) is 2.17. The molecule has 0 atom stereocenters. The third kappa shape index (κ3) is 17.9. The van der Waals surface area contributed by atoms with Crippen LogP contribution in [-0.2, 0) is 9.59 Å². The van der Waals surface area contributed by atoms with Crippen LogP contribution in [0, 0.1) is 0 Å². The number of halogens is 1. The Morgan fingerprint density at radius 2 is 1.00 bits per heavy atom. The Morgan fingerprint density at radius 1 is 0.923 bits per heavy atom. The van der Waals surface area contributed by atoms with Crippen LogP contribution in [-0.4, -0.2) is 22.2 Å². The van der Waals surface area contributed by atoms with E-state index in [1.807, 2.05) is 0 Å². The predicted molar refractivity (Wildman–Crippen MR) is 47.4 cm³/mol. The standard InChI is InChI=1S/2C4H6O2.FH/c2*1-3(2)4(5)6;/h2*1H2,2H3,(H,5,6);1H. The SMILES string of the molecule is C=C(C)C(=O)O.C=C(C)C(=O)O.F. The summed E-state index contributed by atoms with van der Waals surface area (Å²) in [7, 11) is 0. The molecule has 0 fully saturated rings. The van der Waals surface area contributed by atoms with Crippen molar-refractivity contribution >= 4 is 11.9 Å². The molecule has 0 amide bonds. The monoisotopic (exact) mass is 192 g/mol. The maximum absolute atomic E-state index is 9.60. The Labute approximate surface area is 75.6 Å². The summed E-state index contributed by atoms with van der Waals surface area (Å²) in [6, 6.07) is 0. The number of aliphatic carboxylic acids is 2. The van der Waals surface area contributed by atoms with Crippen LogP contribution in [0.5, 0.6) is 0 Å². The van der Waals surface area contributed by atoms with Gasteiger partial charge in [-0.05, 0) is 13.8 Å². The van der Waals surface area contributed by atoms with Gasteiger partial charge in [0.25, 0.3) is 0 Å². The van der Waals surface area contributed by atoms with Crippen LogP contribution in [0.1, 0.15) is 13.8 Å². The van der Waals surface area contributed by atoms with Crippen molar-refractivity contribution in [1.29, 1.82) is 0 Å². The van der Waals surface area contributed by atoms with E-state index in [0.717, 1.165) is 0 Å². The van der Waals surface area contributed by atoms with E-state index in [9.17, 15) is 9.59 Å². The molecule has 0 aliphatic heterocycles. The highest BCUT2D eigenvalue weighted by atomic mass is 19.0. The van der Waals surface area contributed by atoms with Crippen LogP contribution < -0.4 is 0 Å². The lowest BCUT2D eigenvalue weighted by Crippen LogP contribution is -1.92. The molecule has 0 aromatic rings. The van der Waals surface area contributed by atoms with Crippen molar-refractivity contribution in [2.24, 2.45) is 0 Å². The number of carbonyl (C=O) groups is 2. The molecule has 4 nitrogen and oxygen atoms in total. The van der Waals surface area contributed by atoms with Gasteiger partial charge >= 0.3 is 11.9 Å². The summed E-state index contributed by atoms with van der Waals surface area (Å²) in [5.74, 6) is -1.87. The minimum Gasteiger partial charge on any atom is -0.478 e. The lowest BCUT2D eigenvalue weighted by Gasteiger charge is -1.79. The average Bonchev–Trinajstić information content (AvgIpc) is 1.88. The molecule has 0 bridgehead atoms. The number of rotatable bonds is 2. The van der Waals surface area contributed by atoms with Crippen LogP contribution in [0.2, 0.25) is 0 Å². The van der Waals surface area contributed by atoms with Crippen molar-refractivity contribution in [3.05, 3.63) is 24.3 Å². The summed E-state index contributed by atoms with van der Waals surface area (Å²) in [5, 5.41) is 15.8. The molecule has 0 spiro atoms. The molecule has 5 heteroatoms. The van der Waals surface area contributed by atoms with Crippen molar-refractivity contribution in [1.82, 2.24) is 0 Å². The topological polar surface area (TPSA) is 74.6 Å². The van der Waals surface area contributed by atoms with Crippen LogP contribution in [0.4, 0.5) is 4.70 Å². The van der Waals surface area contributed by atoms with Crippen molar-refractivity contribution < 1.29 is 24.5 Å². The Bertz CT molecular complexity index is 172. The summed E-state index contributed by atoms with van der Waals surface area (Å²) in [5.41, 5.74) is 0.352. The van der Waals surface area contributed by atoms with E-state index in [1.165, 1.54) is 13.8 Å². The predicted octanol–water partition coefficient (Wildman–Crippen LogP) is 1.45. The molecule has 0 saturated carbocycles. The highest BCUT2D eigenvalue weighted by Gasteiger charge is 1.90. The molecular weight excluding hydrogens is 179 g/mol. The summed E-state index contributed by atoms with van der Waals surface area (Å²) < 4.78 is 0. The fraction of sp³-hybridized carbons (Fsp3) is 0.250. The van der Waals surface area contributed by atoms with Crippen LogP contribution in [0.25, 0.3) is 0 Å². The van der Waals surface area contributed by atoms with Gasteiger partial charge in [0, 0.05) is 11.1 Å². The summed E-state index contributed by atoms with van der Waals surface area (Å²) in [4.78, 5) is 19.2. The van der Waals surface area contributed by atoms with Crippen LogP contribution in [0.3, 0.4) is 0 Å². The van der Waals surface area contributed by atoms with Gasteiger partial charge in [0.15, 0.2) is 0 Å². The van der Waals surface area contributed by atoms with Gasteiger partial charge in [-0.3, -0.25) is 4.70 Å². The maximum atomic E-state index is 9.60. The molecule has 0 heterocycles. The van der Waals surface area contributed by atoms with Crippen molar-refractivity contribution in [3.63, 3.8) is 0 Å². The van der Waals surface area contributed by atoms with Gasteiger partial charge in [0.1, 0.15) is 0 Å². The minimum atomic E-state index is -0.935. The molecule has 13 heavy (non-hydrogen) atoms. The van der Waals surface area contributed by atoms with E-state index in [2.05, 4.69) is 13.2 Å². The molecule has 0 aromatic heterocycles. The first-order valence-corrected chi connectivity index (χ1v) is 3.06. The second-order valence-electron chi connectivity index (χ2n) is 2.17. The Morgan fingerprint density at radius 3 is 1.00 bits per heavy atom. The fourth-order valence-corrected chi connectivity index (χ4v) is 0. The third-order valence-electron chi connectivity index (χ3n) is 0.730. The van der Waals surface area contributed by atoms with E-state index in [0.29, 0.717) is 0 Å². The third-order valence-corrected chi connectivity index (χ3v) is 0.730. The number of carboxylic acids is 2. The number of hydrogen-bond acceptors (Lipinski definition) is 2. The normalized spacial score (nSPS) is 6.92. The van der Waals surface area contributed by atoms with Crippen molar-refractivity contribution in [2.75, 3.05) is 0 Å².